The van der Waals surface area contributed by atoms with E-state index in [0.29, 0.717) is 17.4 Å². The topological polar surface area (TPSA) is 30.8 Å². The van der Waals surface area contributed by atoms with E-state index >= 15 is 0 Å². The molecular formula is C25H41NO2. The predicted molar refractivity (Wildman–Crippen MR) is 120 cm³/mol. The molecule has 1 aliphatic heterocycles. The molecule has 3 nitrogen and oxygen atoms in total. The van der Waals surface area contributed by atoms with Crippen molar-refractivity contribution in [3.05, 3.63) is 29.8 Å². The molecule has 1 heterocycles. The summed E-state index contributed by atoms with van der Waals surface area (Å²) >= 11 is 0. The fraction of sp³-hybridized carbons (Fsp3) is 0.720. The predicted octanol–water partition coefficient (Wildman–Crippen LogP) is 6.54. The van der Waals surface area contributed by atoms with Crippen LogP contribution in [0, 0.1) is 17.3 Å². The van der Waals surface area contributed by atoms with Crippen LogP contribution in [0.2, 0.25) is 0 Å². The van der Waals surface area contributed by atoms with Crippen LogP contribution in [0.1, 0.15) is 79.2 Å². The first kappa shape index (κ1) is 22.9. The quantitative estimate of drug-likeness (QED) is 0.427. The number of hydrogen-bond donors (Lipinski definition) is 0. The number of hydrogen-bond acceptors (Lipinski definition) is 3. The van der Waals surface area contributed by atoms with Crippen LogP contribution in [0.5, 0.6) is 5.75 Å². The van der Waals surface area contributed by atoms with Gasteiger partial charge >= 0.3 is 0 Å². The van der Waals surface area contributed by atoms with Gasteiger partial charge < -0.3 is 9.47 Å². The molecular weight excluding hydrogens is 346 g/mol. The van der Waals surface area contributed by atoms with Crippen LogP contribution in [0.15, 0.2) is 29.3 Å². The summed E-state index contributed by atoms with van der Waals surface area (Å²) in [6.07, 6.45) is 8.74. The summed E-state index contributed by atoms with van der Waals surface area (Å²) in [5, 5.41) is 0. The van der Waals surface area contributed by atoms with Crippen LogP contribution in [-0.4, -0.2) is 31.6 Å². The summed E-state index contributed by atoms with van der Waals surface area (Å²) in [7, 11) is 0. The van der Waals surface area contributed by atoms with E-state index in [-0.39, 0.29) is 6.10 Å². The van der Waals surface area contributed by atoms with Crippen molar-refractivity contribution in [2.75, 3.05) is 13.2 Å². The molecule has 0 aromatic heterocycles. The van der Waals surface area contributed by atoms with E-state index < -0.39 is 0 Å². The van der Waals surface area contributed by atoms with E-state index in [9.17, 15) is 0 Å². The van der Waals surface area contributed by atoms with Gasteiger partial charge in [-0.2, -0.15) is 0 Å². The molecule has 0 aliphatic carbocycles. The molecule has 0 bridgehead atoms. The first-order valence-electron chi connectivity index (χ1n) is 11.2. The lowest BCUT2D eigenvalue weighted by Crippen LogP contribution is -2.38. The summed E-state index contributed by atoms with van der Waals surface area (Å²) in [5.41, 5.74) is 1.53. The van der Waals surface area contributed by atoms with E-state index in [4.69, 9.17) is 14.5 Å². The second kappa shape index (κ2) is 11.0. The summed E-state index contributed by atoms with van der Waals surface area (Å²) < 4.78 is 11.8. The Morgan fingerprint density at radius 3 is 2.43 bits per heavy atom. The number of aliphatic imine (C=N–C) groups is 1. The van der Waals surface area contributed by atoms with Crippen molar-refractivity contribution in [2.45, 2.75) is 85.9 Å². The van der Waals surface area contributed by atoms with Crippen molar-refractivity contribution in [3.63, 3.8) is 0 Å². The fourth-order valence-electron chi connectivity index (χ4n) is 3.99. The van der Waals surface area contributed by atoms with Crippen LogP contribution >= 0.6 is 0 Å². The Hall–Kier alpha value is -1.35. The van der Waals surface area contributed by atoms with Crippen molar-refractivity contribution < 1.29 is 9.47 Å². The van der Waals surface area contributed by atoms with Gasteiger partial charge in [0.05, 0.1) is 12.2 Å². The van der Waals surface area contributed by atoms with Crippen molar-refractivity contribution in [2.24, 2.45) is 22.2 Å². The normalized spacial score (nSPS) is 23.2. The third-order valence-electron chi connectivity index (χ3n) is 5.86. The molecule has 0 amide bonds. The van der Waals surface area contributed by atoms with Gasteiger partial charge in [-0.05, 0) is 86.6 Å². The van der Waals surface area contributed by atoms with Crippen molar-refractivity contribution in [1.82, 2.24) is 0 Å². The van der Waals surface area contributed by atoms with E-state index in [1.807, 2.05) is 32.2 Å². The monoisotopic (exact) mass is 387 g/mol. The molecule has 1 aliphatic rings. The highest BCUT2D eigenvalue weighted by molar-refractivity contribution is 5.79. The fourth-order valence-corrected chi connectivity index (χ4v) is 3.99. The summed E-state index contributed by atoms with van der Waals surface area (Å²) in [6, 6.07) is 8.21. The van der Waals surface area contributed by atoms with E-state index in [0.717, 1.165) is 36.8 Å². The lowest BCUT2D eigenvalue weighted by atomic mass is 9.69. The maximum absolute atomic E-state index is 6.07. The first-order chi connectivity index (χ1) is 13.3. The van der Waals surface area contributed by atoms with Crippen LogP contribution in [0.3, 0.4) is 0 Å². The van der Waals surface area contributed by atoms with Crippen LogP contribution in [0.25, 0.3) is 0 Å². The minimum atomic E-state index is 0.204. The zero-order valence-electron chi connectivity index (χ0n) is 18.9. The molecule has 1 aromatic rings. The number of nitrogens with zero attached hydrogens (tertiary/aromatic N) is 1. The van der Waals surface area contributed by atoms with Gasteiger partial charge in [-0.1, -0.05) is 34.1 Å². The van der Waals surface area contributed by atoms with Crippen LogP contribution < -0.4 is 4.74 Å². The average Bonchev–Trinajstić information content (AvgIpc) is 2.65. The van der Waals surface area contributed by atoms with Crippen molar-refractivity contribution in [3.8, 4) is 5.75 Å². The second-order valence-electron chi connectivity index (χ2n) is 9.56. The Bertz CT molecular complexity index is 591. The third-order valence-corrected chi connectivity index (χ3v) is 5.86. The first-order valence-corrected chi connectivity index (χ1v) is 11.2. The zero-order chi connectivity index (χ0) is 20.6. The second-order valence-corrected chi connectivity index (χ2v) is 9.56. The van der Waals surface area contributed by atoms with Gasteiger partial charge in [-0.15, -0.1) is 0 Å². The molecule has 2 unspecified atom stereocenters. The Kier molecular flexibility index (Phi) is 9.01. The van der Waals surface area contributed by atoms with Gasteiger partial charge in [0.15, 0.2) is 0 Å². The molecule has 28 heavy (non-hydrogen) atoms. The molecule has 0 radical (unpaired) electrons. The Morgan fingerprint density at radius 2 is 1.82 bits per heavy atom. The maximum atomic E-state index is 6.07. The molecule has 1 saturated heterocycles. The maximum Gasteiger partial charge on any atom is 0.119 e. The van der Waals surface area contributed by atoms with Gasteiger partial charge in [0.25, 0.3) is 0 Å². The van der Waals surface area contributed by atoms with E-state index in [2.05, 4.69) is 39.8 Å². The Labute approximate surface area is 172 Å². The third kappa shape index (κ3) is 7.58. The minimum absolute atomic E-state index is 0.204. The minimum Gasteiger partial charge on any atom is -0.491 e. The number of benzene rings is 1. The lowest BCUT2D eigenvalue weighted by Gasteiger charge is -2.43. The molecule has 158 valence electrons. The molecule has 0 saturated carbocycles. The Morgan fingerprint density at radius 1 is 1.11 bits per heavy atom. The van der Waals surface area contributed by atoms with E-state index in [1.165, 1.54) is 25.7 Å². The number of rotatable bonds is 10. The van der Waals surface area contributed by atoms with E-state index in [1.54, 1.807) is 0 Å². The smallest absolute Gasteiger partial charge is 0.119 e. The SMILES string of the molecule is CC(C)CCC1(CCN=Cc2ccc(OC(C)C)cc2)CCOC(C(C)C)C1. The van der Waals surface area contributed by atoms with Gasteiger partial charge in [0, 0.05) is 19.4 Å². The molecule has 2 rings (SSSR count). The molecule has 0 N–H and O–H groups in total. The largest absolute Gasteiger partial charge is 0.491 e. The standard InChI is InChI=1S/C25H41NO2/c1-19(2)11-12-25(14-16-27-24(17-25)20(3)4)13-15-26-18-22-7-9-23(10-8-22)28-21(5)6/h7-10,18-21,24H,11-17H2,1-6H3. The highest BCUT2D eigenvalue weighted by Gasteiger charge is 2.37. The van der Waals surface area contributed by atoms with Gasteiger partial charge in [0.2, 0.25) is 0 Å². The van der Waals surface area contributed by atoms with Crippen molar-refractivity contribution in [1.29, 1.82) is 0 Å². The summed E-state index contributed by atoms with van der Waals surface area (Å²) in [4.78, 5) is 4.76. The van der Waals surface area contributed by atoms with Gasteiger partial charge in [-0.3, -0.25) is 4.99 Å². The lowest BCUT2D eigenvalue weighted by molar-refractivity contribution is -0.0755. The highest BCUT2D eigenvalue weighted by Crippen LogP contribution is 2.43. The summed E-state index contributed by atoms with van der Waals surface area (Å²) in [5.74, 6) is 2.27. The zero-order valence-corrected chi connectivity index (χ0v) is 18.9. The molecule has 1 fully saturated rings. The molecule has 1 aromatic carbocycles. The van der Waals surface area contributed by atoms with Crippen molar-refractivity contribution >= 4 is 6.21 Å². The Balaban J connectivity index is 1.94. The average molecular weight is 388 g/mol. The van der Waals surface area contributed by atoms with Crippen LogP contribution in [-0.2, 0) is 4.74 Å². The molecule has 2 atom stereocenters. The van der Waals surface area contributed by atoms with Gasteiger partial charge in [-0.25, -0.2) is 0 Å². The van der Waals surface area contributed by atoms with Crippen LogP contribution in [0.4, 0.5) is 0 Å². The molecule has 3 heteroatoms. The number of ether oxygens (including phenoxy) is 2. The summed E-state index contributed by atoms with van der Waals surface area (Å²) in [6.45, 7) is 15.1. The van der Waals surface area contributed by atoms with Gasteiger partial charge in [0.1, 0.15) is 5.75 Å². The highest BCUT2D eigenvalue weighted by atomic mass is 16.5. The molecule has 0 spiro atoms.